The molecule has 0 aromatic heterocycles. The number of carboxylic acids is 1. The lowest BCUT2D eigenvalue weighted by Crippen LogP contribution is -2.38. The molecule has 0 spiro atoms. The Morgan fingerprint density at radius 3 is 1.66 bits per heavy atom. The fourth-order valence-corrected chi connectivity index (χ4v) is 3.15. The Hall–Kier alpha value is -3.55. The van der Waals surface area contributed by atoms with Crippen LogP contribution in [0.3, 0.4) is 0 Å². The lowest BCUT2D eigenvalue weighted by molar-refractivity contribution is -0.138. The number of hydrogen-bond donors (Lipinski definition) is 4. The summed E-state index contributed by atoms with van der Waals surface area (Å²) in [4.78, 5) is 34.9. The van der Waals surface area contributed by atoms with Crippen LogP contribution in [0.25, 0.3) is 0 Å². The van der Waals surface area contributed by atoms with Crippen LogP contribution in [0, 0.1) is 0 Å². The number of amides is 1. The number of aliphatic carboxylic acids is 1. The largest absolute Gasteiger partial charge is 0.508 e. The Labute approximate surface area is 167 Å². The topological polar surface area (TPSA) is 135 Å². The lowest BCUT2D eigenvalue weighted by Gasteiger charge is -2.31. The predicted molar refractivity (Wildman–Crippen MR) is 104 cm³/mol. The maximum atomic E-state index is 12.4. The molecule has 2 aromatic carbocycles. The van der Waals surface area contributed by atoms with E-state index in [4.69, 9.17) is 10.2 Å². The van der Waals surface area contributed by atoms with Crippen LogP contribution in [0.4, 0.5) is 4.79 Å². The van der Waals surface area contributed by atoms with Crippen molar-refractivity contribution in [3.8, 4) is 11.5 Å². The van der Waals surface area contributed by atoms with E-state index in [1.54, 1.807) is 24.3 Å². The molecule has 0 fully saturated rings. The fraction of sp³-hybridized carbons (Fsp3) is 0.286. The Kier molecular flexibility index (Phi) is 6.82. The van der Waals surface area contributed by atoms with Gasteiger partial charge >= 0.3 is 12.1 Å². The summed E-state index contributed by atoms with van der Waals surface area (Å²) in [6.07, 6.45) is -1.13. The number of carbonyl (C=O) groups is 3. The SMILES string of the molecule is CC(CCC(=O)CN(CC(=O)O)C(=O)O)(c1ccc(O)cc1)c1ccc(O)cc1. The highest BCUT2D eigenvalue weighted by Crippen LogP contribution is 2.37. The number of hydrogen-bond acceptors (Lipinski definition) is 5. The number of carboxylic acid groups (broad SMARTS) is 2. The van der Waals surface area contributed by atoms with E-state index in [1.807, 2.05) is 6.92 Å². The van der Waals surface area contributed by atoms with Gasteiger partial charge in [0.15, 0.2) is 5.78 Å². The molecule has 0 atom stereocenters. The van der Waals surface area contributed by atoms with E-state index in [0.717, 1.165) is 11.1 Å². The molecule has 2 aromatic rings. The molecule has 0 unspecified atom stereocenters. The average Bonchev–Trinajstić information content (AvgIpc) is 2.66. The molecule has 0 aliphatic heterocycles. The van der Waals surface area contributed by atoms with Gasteiger partial charge in [-0.25, -0.2) is 4.79 Å². The van der Waals surface area contributed by atoms with Crippen LogP contribution in [-0.4, -0.2) is 56.3 Å². The number of rotatable bonds is 9. The van der Waals surface area contributed by atoms with Crippen molar-refractivity contribution in [2.75, 3.05) is 13.1 Å². The zero-order chi connectivity index (χ0) is 21.6. The molecule has 0 heterocycles. The highest BCUT2D eigenvalue weighted by atomic mass is 16.4. The molecular formula is C21H23NO7. The second kappa shape index (κ2) is 9.09. The first-order valence-electron chi connectivity index (χ1n) is 8.92. The van der Waals surface area contributed by atoms with Crippen LogP contribution in [0.1, 0.15) is 30.9 Å². The van der Waals surface area contributed by atoms with Gasteiger partial charge in [0.25, 0.3) is 0 Å². The molecule has 8 heteroatoms. The summed E-state index contributed by atoms with van der Waals surface area (Å²) in [7, 11) is 0. The van der Waals surface area contributed by atoms with Crippen molar-refractivity contribution in [2.24, 2.45) is 0 Å². The Balaban J connectivity index is 2.23. The van der Waals surface area contributed by atoms with Crippen molar-refractivity contribution in [1.82, 2.24) is 4.90 Å². The van der Waals surface area contributed by atoms with Gasteiger partial charge in [-0.05, 0) is 41.8 Å². The maximum absolute atomic E-state index is 12.4. The Bertz CT molecular complexity index is 829. The van der Waals surface area contributed by atoms with Gasteiger partial charge in [-0.3, -0.25) is 14.5 Å². The average molecular weight is 401 g/mol. The van der Waals surface area contributed by atoms with E-state index in [2.05, 4.69) is 0 Å². The minimum atomic E-state index is -1.47. The minimum absolute atomic E-state index is 0.0155. The van der Waals surface area contributed by atoms with Crippen LogP contribution < -0.4 is 0 Å². The number of nitrogens with zero attached hydrogens (tertiary/aromatic N) is 1. The number of Topliss-reactive ketones (excluding diaryl/α,β-unsaturated/α-hetero) is 1. The van der Waals surface area contributed by atoms with Crippen molar-refractivity contribution in [3.63, 3.8) is 0 Å². The van der Waals surface area contributed by atoms with Crippen molar-refractivity contribution in [2.45, 2.75) is 25.2 Å². The summed E-state index contributed by atoms with van der Waals surface area (Å²) in [5.74, 6) is -1.54. The van der Waals surface area contributed by atoms with Crippen LogP contribution in [-0.2, 0) is 15.0 Å². The van der Waals surface area contributed by atoms with Gasteiger partial charge in [-0.2, -0.15) is 0 Å². The van der Waals surface area contributed by atoms with E-state index >= 15 is 0 Å². The zero-order valence-electron chi connectivity index (χ0n) is 15.9. The molecule has 0 radical (unpaired) electrons. The second-order valence-electron chi connectivity index (χ2n) is 7.00. The van der Waals surface area contributed by atoms with Crippen LogP contribution in [0.15, 0.2) is 48.5 Å². The third-order valence-electron chi connectivity index (χ3n) is 4.88. The van der Waals surface area contributed by atoms with Crippen LogP contribution in [0.2, 0.25) is 0 Å². The van der Waals surface area contributed by atoms with E-state index in [0.29, 0.717) is 11.3 Å². The predicted octanol–water partition coefficient (Wildman–Crippen LogP) is 2.82. The van der Waals surface area contributed by atoms with Crippen molar-refractivity contribution in [1.29, 1.82) is 0 Å². The van der Waals surface area contributed by atoms with Crippen molar-refractivity contribution in [3.05, 3.63) is 59.7 Å². The summed E-state index contributed by atoms with van der Waals surface area (Å²) in [5.41, 5.74) is 1.00. The normalized spacial score (nSPS) is 11.1. The number of benzene rings is 2. The first-order chi connectivity index (χ1) is 13.6. The zero-order valence-corrected chi connectivity index (χ0v) is 15.9. The van der Waals surface area contributed by atoms with Crippen molar-refractivity contribution >= 4 is 17.8 Å². The monoisotopic (exact) mass is 401 g/mol. The summed E-state index contributed by atoms with van der Waals surface area (Å²) in [5, 5.41) is 37.0. The van der Waals surface area contributed by atoms with E-state index in [9.17, 15) is 24.6 Å². The fourth-order valence-electron chi connectivity index (χ4n) is 3.15. The molecule has 1 amide bonds. The van der Waals surface area contributed by atoms with Gasteiger partial charge in [-0.15, -0.1) is 0 Å². The molecule has 0 aliphatic rings. The van der Waals surface area contributed by atoms with Crippen LogP contribution >= 0.6 is 0 Å². The molecule has 154 valence electrons. The van der Waals surface area contributed by atoms with Gasteiger partial charge in [0.1, 0.15) is 18.0 Å². The van der Waals surface area contributed by atoms with Gasteiger partial charge in [0, 0.05) is 11.8 Å². The van der Waals surface area contributed by atoms with Crippen LogP contribution in [0.5, 0.6) is 11.5 Å². The Morgan fingerprint density at radius 1 is 0.828 bits per heavy atom. The van der Waals surface area contributed by atoms with Crippen molar-refractivity contribution < 1.29 is 34.8 Å². The first kappa shape index (κ1) is 21.7. The standard InChI is InChI=1S/C21H23NO7/c1-21(14-2-6-16(23)7-3-14,15-4-8-17(24)9-5-15)11-10-18(25)12-22(20(28)29)13-19(26)27/h2-9,23-24H,10-13H2,1H3,(H,26,27)(H,28,29). The summed E-state index contributed by atoms with van der Waals surface area (Å²) in [6, 6.07) is 13.1. The molecule has 0 bridgehead atoms. The van der Waals surface area contributed by atoms with E-state index < -0.39 is 36.4 Å². The highest BCUT2D eigenvalue weighted by molar-refractivity contribution is 5.85. The second-order valence-corrected chi connectivity index (χ2v) is 7.00. The lowest BCUT2D eigenvalue weighted by atomic mass is 9.72. The highest BCUT2D eigenvalue weighted by Gasteiger charge is 2.30. The number of ketones is 1. The number of aromatic hydroxyl groups is 2. The third kappa shape index (κ3) is 5.71. The molecule has 29 heavy (non-hydrogen) atoms. The third-order valence-corrected chi connectivity index (χ3v) is 4.88. The number of phenolic OH excluding ortho intramolecular Hbond substituents is 2. The molecule has 2 rings (SSSR count). The van der Waals surface area contributed by atoms with Gasteiger partial charge in [0.2, 0.25) is 0 Å². The molecule has 0 aliphatic carbocycles. The van der Waals surface area contributed by atoms with Gasteiger partial charge in [-0.1, -0.05) is 31.2 Å². The van der Waals surface area contributed by atoms with Gasteiger partial charge < -0.3 is 20.4 Å². The molecular weight excluding hydrogens is 378 g/mol. The number of carbonyl (C=O) groups excluding carboxylic acids is 1. The molecule has 0 saturated heterocycles. The first-order valence-corrected chi connectivity index (χ1v) is 8.92. The minimum Gasteiger partial charge on any atom is -0.508 e. The van der Waals surface area contributed by atoms with Gasteiger partial charge in [0.05, 0.1) is 6.54 Å². The number of phenols is 2. The quantitative estimate of drug-likeness (QED) is 0.507. The summed E-state index contributed by atoms with van der Waals surface area (Å²) in [6.45, 7) is 0.627. The smallest absolute Gasteiger partial charge is 0.408 e. The molecule has 0 saturated carbocycles. The molecule has 8 nitrogen and oxygen atoms in total. The van der Waals surface area contributed by atoms with E-state index in [-0.39, 0.29) is 17.9 Å². The Morgan fingerprint density at radius 2 is 1.28 bits per heavy atom. The summed E-state index contributed by atoms with van der Waals surface area (Å²) >= 11 is 0. The summed E-state index contributed by atoms with van der Waals surface area (Å²) < 4.78 is 0. The van der Waals surface area contributed by atoms with E-state index in [1.165, 1.54) is 24.3 Å². The maximum Gasteiger partial charge on any atom is 0.408 e. The molecule has 4 N–H and O–H groups in total.